The van der Waals surface area contributed by atoms with Crippen LogP contribution in [0.3, 0.4) is 0 Å². The molecule has 4 rings (SSSR count). The molecule has 0 radical (unpaired) electrons. The van der Waals surface area contributed by atoms with E-state index in [1.807, 2.05) is 26.8 Å². The van der Waals surface area contributed by atoms with Crippen LogP contribution < -0.4 is 5.32 Å². The third kappa shape index (κ3) is 4.55. The fraction of sp³-hybridized carbons (Fsp3) is 0.810. The lowest BCUT2D eigenvalue weighted by atomic mass is 9.83. The van der Waals surface area contributed by atoms with Crippen LogP contribution in [0.4, 0.5) is 5.82 Å². The smallest absolute Gasteiger partial charge is 0.148 e. The number of hydrogen-bond acceptors (Lipinski definition) is 5. The highest BCUT2D eigenvalue weighted by atomic mass is 16.5. The van der Waals surface area contributed by atoms with E-state index < -0.39 is 0 Å². The number of nitrogens with zero attached hydrogens (tertiary/aromatic N) is 3. The van der Waals surface area contributed by atoms with Gasteiger partial charge in [-0.3, -0.25) is 0 Å². The maximum Gasteiger partial charge on any atom is 0.148 e. The predicted octanol–water partition coefficient (Wildman–Crippen LogP) is 4.00. The van der Waals surface area contributed by atoms with Gasteiger partial charge in [0.1, 0.15) is 5.82 Å². The molecule has 2 saturated heterocycles. The molecule has 3 fully saturated rings. The van der Waals surface area contributed by atoms with Crippen LogP contribution in [0.2, 0.25) is 0 Å². The van der Waals surface area contributed by atoms with Gasteiger partial charge in [0.05, 0.1) is 5.69 Å². The van der Waals surface area contributed by atoms with Crippen molar-refractivity contribution in [3.8, 4) is 0 Å². The number of aromatic nitrogens is 2. The maximum atomic E-state index is 5.50. The van der Waals surface area contributed by atoms with Gasteiger partial charge in [-0.25, -0.2) is 0 Å². The van der Waals surface area contributed by atoms with Gasteiger partial charge in [-0.2, -0.15) is 5.10 Å². The second kappa shape index (κ2) is 8.66. The normalized spacial score (nSPS) is 32.0. The van der Waals surface area contributed by atoms with E-state index in [1.54, 1.807) is 0 Å². The largest absolute Gasteiger partial charge is 0.381 e. The molecule has 1 saturated carbocycles. The summed E-state index contributed by atoms with van der Waals surface area (Å²) < 4.78 is 5.50. The van der Waals surface area contributed by atoms with Gasteiger partial charge >= 0.3 is 0 Å². The highest BCUT2D eigenvalue weighted by molar-refractivity contribution is 5.35. The van der Waals surface area contributed by atoms with Crippen molar-refractivity contribution >= 4 is 5.82 Å². The van der Waals surface area contributed by atoms with E-state index in [0.717, 1.165) is 36.6 Å². The summed E-state index contributed by atoms with van der Waals surface area (Å²) in [6.07, 6.45) is 5.00. The Bertz CT molecular complexity index is 564. The van der Waals surface area contributed by atoms with E-state index >= 15 is 0 Å². The first-order chi connectivity index (χ1) is 12.6. The Morgan fingerprint density at radius 1 is 1.27 bits per heavy atom. The average Bonchev–Trinajstić information content (AvgIpc) is 3.10. The highest BCUT2D eigenvalue weighted by Gasteiger charge is 2.49. The molecule has 0 aromatic carbocycles. The van der Waals surface area contributed by atoms with E-state index in [4.69, 9.17) is 4.74 Å². The van der Waals surface area contributed by atoms with Gasteiger partial charge in [-0.15, -0.1) is 5.10 Å². The molecule has 148 valence electrons. The molecule has 5 heteroatoms. The topological polar surface area (TPSA) is 50.3 Å². The molecule has 3 heterocycles. The second-order valence-corrected chi connectivity index (χ2v) is 8.44. The monoisotopic (exact) mass is 362 g/mol. The van der Waals surface area contributed by atoms with Crippen molar-refractivity contribution in [3.63, 3.8) is 0 Å². The van der Waals surface area contributed by atoms with Crippen molar-refractivity contribution in [2.45, 2.75) is 59.4 Å². The Morgan fingerprint density at radius 3 is 2.69 bits per heavy atom. The third-order valence-electron chi connectivity index (χ3n) is 6.34. The summed E-state index contributed by atoms with van der Waals surface area (Å²) in [5, 5.41) is 12.0. The molecule has 5 nitrogen and oxygen atoms in total. The van der Waals surface area contributed by atoms with Crippen molar-refractivity contribution in [2.24, 2.45) is 17.3 Å². The summed E-state index contributed by atoms with van der Waals surface area (Å²) in [7, 11) is 0. The zero-order valence-corrected chi connectivity index (χ0v) is 17.0. The number of hydrogen-bond donors (Lipinski definition) is 1. The van der Waals surface area contributed by atoms with Crippen LogP contribution >= 0.6 is 0 Å². The van der Waals surface area contributed by atoms with Gasteiger partial charge in [-0.05, 0) is 62.0 Å². The zero-order valence-electron chi connectivity index (χ0n) is 17.0. The molecule has 0 amide bonds. The quantitative estimate of drug-likeness (QED) is 0.877. The lowest BCUT2D eigenvalue weighted by Gasteiger charge is -2.29. The predicted molar refractivity (Wildman–Crippen MR) is 108 cm³/mol. The van der Waals surface area contributed by atoms with E-state index in [-0.39, 0.29) is 1.43 Å². The highest BCUT2D eigenvalue weighted by Crippen LogP contribution is 2.49. The zero-order chi connectivity index (χ0) is 18.6. The van der Waals surface area contributed by atoms with Crippen molar-refractivity contribution in [3.05, 3.63) is 17.8 Å². The molecule has 2 aliphatic heterocycles. The summed E-state index contributed by atoms with van der Waals surface area (Å²) in [5.41, 5.74) is 1.43. The standard InChI is InChI=1S/C19H30N4O.C2H6.H2/c1-14-3-4-18(22-21-14)20-17-9-16-12-23(13-19(16,2)10-17)11-15-5-7-24-8-6-15;1-2;/h3-4,15-17H,5-13H2,1-2H3,(H,20,22);1-2H3;1H/t16-,17+,19?;;/m0../s1. The summed E-state index contributed by atoms with van der Waals surface area (Å²) in [6.45, 7) is 14.2. The first kappa shape index (κ1) is 19.6. The van der Waals surface area contributed by atoms with Crippen LogP contribution in [-0.4, -0.2) is 54.0 Å². The van der Waals surface area contributed by atoms with Crippen molar-refractivity contribution in [1.29, 1.82) is 0 Å². The van der Waals surface area contributed by atoms with Crippen LogP contribution in [0, 0.1) is 24.2 Å². The fourth-order valence-electron chi connectivity index (χ4n) is 5.04. The molecular formula is C21H38N4O. The minimum Gasteiger partial charge on any atom is -0.381 e. The SMILES string of the molecule is CC.Cc1ccc(N[C@@H]2C[C@H]3CN(CC4CCOCC4)CC3(C)C2)nn1.[HH]. The number of rotatable bonds is 4. The van der Waals surface area contributed by atoms with E-state index in [1.165, 1.54) is 45.3 Å². The Labute approximate surface area is 160 Å². The molecule has 0 bridgehead atoms. The van der Waals surface area contributed by atoms with Crippen LogP contribution in [0.15, 0.2) is 12.1 Å². The molecule has 1 aliphatic carbocycles. The van der Waals surface area contributed by atoms with Gasteiger partial charge in [0, 0.05) is 40.3 Å². The van der Waals surface area contributed by atoms with Crippen LogP contribution in [0.25, 0.3) is 0 Å². The summed E-state index contributed by atoms with van der Waals surface area (Å²) in [6, 6.07) is 4.63. The molecule has 26 heavy (non-hydrogen) atoms. The lowest BCUT2D eigenvalue weighted by molar-refractivity contribution is 0.0539. The van der Waals surface area contributed by atoms with Crippen molar-refractivity contribution in [1.82, 2.24) is 15.1 Å². The van der Waals surface area contributed by atoms with Crippen molar-refractivity contribution in [2.75, 3.05) is 38.2 Å². The third-order valence-corrected chi connectivity index (χ3v) is 6.34. The molecule has 3 atom stereocenters. The number of fused-ring (bicyclic) bond motifs is 1. The minimum atomic E-state index is 0. The maximum absolute atomic E-state index is 5.50. The number of nitrogens with one attached hydrogen (secondary N) is 1. The first-order valence-corrected chi connectivity index (χ1v) is 10.5. The average molecular weight is 363 g/mol. The Morgan fingerprint density at radius 2 is 2.04 bits per heavy atom. The molecular weight excluding hydrogens is 324 g/mol. The molecule has 3 aliphatic rings. The lowest BCUT2D eigenvalue weighted by Crippen LogP contribution is -2.33. The van der Waals surface area contributed by atoms with Gasteiger partial charge < -0.3 is 15.0 Å². The summed E-state index contributed by atoms with van der Waals surface area (Å²) >= 11 is 0. The Balaban J connectivity index is 0.000000844. The van der Waals surface area contributed by atoms with Crippen molar-refractivity contribution < 1.29 is 6.16 Å². The first-order valence-electron chi connectivity index (χ1n) is 10.5. The molecule has 0 spiro atoms. The van der Waals surface area contributed by atoms with Crippen LogP contribution in [0.1, 0.15) is 53.6 Å². The molecule has 1 unspecified atom stereocenters. The van der Waals surface area contributed by atoms with E-state index in [9.17, 15) is 0 Å². The van der Waals surface area contributed by atoms with E-state index in [2.05, 4.69) is 33.4 Å². The van der Waals surface area contributed by atoms with E-state index in [0.29, 0.717) is 11.5 Å². The molecule has 1 N–H and O–H groups in total. The fourth-order valence-corrected chi connectivity index (χ4v) is 5.04. The number of ether oxygens (including phenoxy) is 1. The van der Waals surface area contributed by atoms with Gasteiger partial charge in [-0.1, -0.05) is 20.8 Å². The van der Waals surface area contributed by atoms with Crippen LogP contribution in [-0.2, 0) is 4.74 Å². The number of likely N-dealkylation sites (tertiary alicyclic amines) is 1. The Hall–Kier alpha value is -1.20. The Kier molecular flexibility index (Phi) is 6.51. The van der Waals surface area contributed by atoms with Gasteiger partial charge in [0.15, 0.2) is 0 Å². The minimum absolute atomic E-state index is 0. The second-order valence-electron chi connectivity index (χ2n) is 8.44. The number of anilines is 1. The van der Waals surface area contributed by atoms with Gasteiger partial charge in [0.2, 0.25) is 0 Å². The molecule has 1 aromatic heterocycles. The number of aryl methyl sites for hydroxylation is 1. The summed E-state index contributed by atoms with van der Waals surface area (Å²) in [5.74, 6) is 2.58. The summed E-state index contributed by atoms with van der Waals surface area (Å²) in [4.78, 5) is 2.72. The molecule has 1 aromatic rings. The van der Waals surface area contributed by atoms with Gasteiger partial charge in [0.25, 0.3) is 0 Å². The van der Waals surface area contributed by atoms with Crippen LogP contribution in [0.5, 0.6) is 0 Å².